The Morgan fingerprint density at radius 3 is 2.40 bits per heavy atom. The molecular formula is C29H47I2NO2S. The van der Waals surface area contributed by atoms with Gasteiger partial charge in [0.05, 0.1) is 0 Å². The molecule has 3 aliphatic carbocycles. The number of hydrogen-bond acceptors (Lipinski definition) is 4. The number of carbonyl (C=O) groups excluding carboxylic acids is 1. The number of cyclic esters (lactones) is 1. The molecule has 9 atom stereocenters. The smallest absolute Gasteiger partial charge is 0.333 e. The van der Waals surface area contributed by atoms with Crippen LogP contribution in [0.3, 0.4) is 0 Å². The second kappa shape index (κ2) is 12.3. The lowest BCUT2D eigenvalue weighted by molar-refractivity contribution is -0.149. The summed E-state index contributed by atoms with van der Waals surface area (Å²) in [6.07, 6.45) is 15.0. The third kappa shape index (κ3) is 6.32. The minimum Gasteiger partial charge on any atom is -0.458 e. The van der Waals surface area contributed by atoms with Gasteiger partial charge in [0.1, 0.15) is 6.10 Å². The van der Waals surface area contributed by atoms with Crippen LogP contribution in [0.2, 0.25) is 0 Å². The number of nitrogens with two attached hydrogens (primary N) is 1. The quantitative estimate of drug-likeness (QED) is 0.0995. The van der Waals surface area contributed by atoms with E-state index in [2.05, 4.69) is 91.6 Å². The van der Waals surface area contributed by atoms with Crippen molar-refractivity contribution in [3.8, 4) is 0 Å². The zero-order valence-electron chi connectivity index (χ0n) is 22.6. The van der Waals surface area contributed by atoms with Gasteiger partial charge in [-0.15, -0.1) is 0 Å². The molecule has 2 N–H and O–H groups in total. The van der Waals surface area contributed by atoms with Gasteiger partial charge in [-0.25, -0.2) is 4.79 Å². The Bertz CT molecular complexity index is 841. The molecule has 200 valence electrons. The van der Waals surface area contributed by atoms with Crippen LogP contribution in [0.15, 0.2) is 22.8 Å². The zero-order chi connectivity index (χ0) is 26.1. The van der Waals surface area contributed by atoms with Crippen LogP contribution >= 0.6 is 57.8 Å². The van der Waals surface area contributed by atoms with Crippen molar-refractivity contribution in [1.29, 1.82) is 0 Å². The number of hydrogen-bond donors (Lipinski definition) is 2. The Morgan fingerprint density at radius 1 is 1.06 bits per heavy atom. The molecule has 2 fully saturated rings. The lowest BCUT2D eigenvalue weighted by Gasteiger charge is -2.53. The molecule has 4 aliphatic rings. The third-order valence-electron chi connectivity index (χ3n) is 9.93. The molecule has 4 rings (SSSR count). The van der Waals surface area contributed by atoms with Crippen LogP contribution in [0.4, 0.5) is 0 Å². The number of carbonyl (C=O) groups is 1. The van der Waals surface area contributed by atoms with E-state index in [4.69, 9.17) is 10.5 Å². The molecule has 3 nitrogen and oxygen atoms in total. The maximum absolute atomic E-state index is 12.4. The van der Waals surface area contributed by atoms with Crippen molar-refractivity contribution >= 4 is 63.8 Å². The van der Waals surface area contributed by atoms with E-state index in [1.165, 1.54) is 49.7 Å². The topological polar surface area (TPSA) is 52.3 Å². The molecule has 0 spiro atoms. The minimum atomic E-state index is -0.0943. The molecule has 6 heteroatoms. The average molecular weight is 728 g/mol. The predicted octanol–water partition coefficient (Wildman–Crippen LogP) is 8.09. The third-order valence-corrected chi connectivity index (χ3v) is 13.4. The largest absolute Gasteiger partial charge is 0.458 e. The van der Waals surface area contributed by atoms with Crippen LogP contribution in [-0.2, 0) is 9.53 Å². The highest BCUT2D eigenvalue weighted by Gasteiger charge is 2.59. The van der Waals surface area contributed by atoms with E-state index in [-0.39, 0.29) is 12.1 Å². The predicted molar refractivity (Wildman–Crippen MR) is 169 cm³/mol. The number of halogens is 2. The lowest BCUT2D eigenvalue weighted by atomic mass is 9.60. The summed E-state index contributed by atoms with van der Waals surface area (Å²) in [7, 11) is 0. The standard InChI is InChI=1S/C28H43I2NO2.CH4S/c1-16-6-7-21-23(27(5,29)12-10-20(31)14-16)11-13-28(30)22(8-9-24(21)28)19(4)25-15-17(2)18(3)26(32)33-25;1-2/h6,19-25H,7-15,31H2,1-5H3;2H,1H3/b16-6+;. The van der Waals surface area contributed by atoms with E-state index in [0.29, 0.717) is 24.7 Å². The van der Waals surface area contributed by atoms with Gasteiger partial charge in [0.2, 0.25) is 0 Å². The molecule has 0 bridgehead atoms. The number of fused-ring (bicyclic) bond motifs is 3. The van der Waals surface area contributed by atoms with Crippen molar-refractivity contribution in [1.82, 2.24) is 0 Å². The minimum absolute atomic E-state index is 0.0387. The lowest BCUT2D eigenvalue weighted by Crippen LogP contribution is -2.51. The summed E-state index contributed by atoms with van der Waals surface area (Å²) in [6, 6.07) is 0.301. The van der Waals surface area contributed by atoms with Crippen molar-refractivity contribution in [3.05, 3.63) is 22.8 Å². The maximum Gasteiger partial charge on any atom is 0.333 e. The van der Waals surface area contributed by atoms with E-state index < -0.39 is 0 Å². The summed E-state index contributed by atoms with van der Waals surface area (Å²) < 4.78 is 6.62. The molecule has 0 saturated heterocycles. The average Bonchev–Trinajstić information content (AvgIpc) is 3.16. The normalized spacial score (nSPS) is 44.6. The molecule has 1 heterocycles. The van der Waals surface area contributed by atoms with Gasteiger partial charge < -0.3 is 10.5 Å². The van der Waals surface area contributed by atoms with Crippen LogP contribution < -0.4 is 5.73 Å². The van der Waals surface area contributed by atoms with Crippen LogP contribution in [0, 0.1) is 29.6 Å². The molecule has 9 unspecified atom stereocenters. The SMILES string of the molecule is CC1=C(C)C(=O)OC(C(C)C2CCC3C4C/C=C(\C)CC(N)CCC(C)(I)C4CCC23I)C1.CS. The van der Waals surface area contributed by atoms with Crippen molar-refractivity contribution < 1.29 is 9.53 Å². The van der Waals surface area contributed by atoms with E-state index in [1.807, 2.05) is 6.92 Å². The first-order valence-corrected chi connectivity index (χ1v) is 16.6. The van der Waals surface area contributed by atoms with Gasteiger partial charge in [-0.3, -0.25) is 0 Å². The second-order valence-electron chi connectivity index (χ2n) is 12.0. The molecule has 0 aromatic carbocycles. The second-order valence-corrected chi connectivity index (χ2v) is 16.5. The van der Waals surface area contributed by atoms with Crippen molar-refractivity contribution in [2.75, 3.05) is 6.26 Å². The van der Waals surface area contributed by atoms with Gasteiger partial charge in [-0.05, 0) is 108 Å². The highest BCUT2D eigenvalue weighted by atomic mass is 127. The molecule has 0 amide bonds. The van der Waals surface area contributed by atoms with E-state index in [9.17, 15) is 4.79 Å². The first-order valence-electron chi connectivity index (χ1n) is 13.5. The first-order chi connectivity index (χ1) is 16.4. The molecule has 2 saturated carbocycles. The van der Waals surface area contributed by atoms with Gasteiger partial charge in [0.15, 0.2) is 0 Å². The molecule has 0 aromatic rings. The zero-order valence-corrected chi connectivity index (χ0v) is 27.8. The van der Waals surface area contributed by atoms with E-state index >= 15 is 0 Å². The first kappa shape index (κ1) is 30.3. The molecule has 35 heavy (non-hydrogen) atoms. The van der Waals surface area contributed by atoms with Crippen molar-refractivity contribution in [2.24, 2.45) is 35.3 Å². The summed E-state index contributed by atoms with van der Waals surface area (Å²) in [4.78, 5) is 12.4. The Morgan fingerprint density at radius 2 is 1.74 bits per heavy atom. The highest BCUT2D eigenvalue weighted by Crippen LogP contribution is 2.64. The molecule has 1 aliphatic heterocycles. The number of thiol groups is 1. The van der Waals surface area contributed by atoms with Gasteiger partial charge in [0, 0.05) is 24.9 Å². The monoisotopic (exact) mass is 727 g/mol. The maximum atomic E-state index is 12.4. The van der Waals surface area contributed by atoms with Crippen LogP contribution in [0.5, 0.6) is 0 Å². The van der Waals surface area contributed by atoms with Crippen LogP contribution in [0.25, 0.3) is 0 Å². The number of allylic oxidation sites excluding steroid dienone is 1. The van der Waals surface area contributed by atoms with E-state index in [1.54, 1.807) is 6.26 Å². The summed E-state index contributed by atoms with van der Waals surface area (Å²) >= 11 is 9.20. The number of esters is 1. The Hall–Kier alpha value is 0.720. The number of rotatable bonds is 2. The van der Waals surface area contributed by atoms with Crippen LogP contribution in [0.1, 0.15) is 92.4 Å². The molecular weight excluding hydrogens is 680 g/mol. The van der Waals surface area contributed by atoms with Crippen LogP contribution in [-0.4, -0.2) is 31.2 Å². The van der Waals surface area contributed by atoms with Gasteiger partial charge >= 0.3 is 5.97 Å². The fraction of sp³-hybridized carbons (Fsp3) is 0.828. The fourth-order valence-electron chi connectivity index (χ4n) is 7.74. The number of ether oxygens (including phenoxy) is 1. The summed E-state index contributed by atoms with van der Waals surface area (Å²) in [5.41, 5.74) is 10.00. The van der Waals surface area contributed by atoms with Crippen molar-refractivity contribution in [2.45, 2.75) is 111 Å². The summed E-state index contributed by atoms with van der Waals surface area (Å²) in [5, 5.41) is 0. The van der Waals surface area contributed by atoms with Gasteiger partial charge in [-0.2, -0.15) is 12.6 Å². The Balaban J connectivity index is 0.00000167. The summed E-state index contributed by atoms with van der Waals surface area (Å²) in [5.74, 6) is 3.21. The van der Waals surface area contributed by atoms with Gasteiger partial charge in [-0.1, -0.05) is 76.3 Å². The number of alkyl halides is 2. The van der Waals surface area contributed by atoms with Gasteiger partial charge in [0.25, 0.3) is 0 Å². The van der Waals surface area contributed by atoms with E-state index in [0.717, 1.165) is 42.6 Å². The highest BCUT2D eigenvalue weighted by molar-refractivity contribution is 14.1. The fourth-order valence-corrected chi connectivity index (χ4v) is 10.8. The van der Waals surface area contributed by atoms with Crippen molar-refractivity contribution in [3.63, 3.8) is 0 Å². The molecule has 0 radical (unpaired) electrons. The molecule has 0 aromatic heterocycles. The summed E-state index contributed by atoms with van der Waals surface area (Å²) in [6.45, 7) is 11.2. The Labute approximate surface area is 247 Å². The Kier molecular flexibility index (Phi) is 10.6.